The first-order chi connectivity index (χ1) is 10.7. The number of rotatable bonds is 6. The number of nitriles is 1. The molecule has 0 aliphatic rings. The zero-order chi connectivity index (χ0) is 15.9. The van der Waals surface area contributed by atoms with Gasteiger partial charge in [-0.2, -0.15) is 5.26 Å². The van der Waals surface area contributed by atoms with Crippen LogP contribution in [0.15, 0.2) is 42.5 Å². The number of benzene rings is 2. The quantitative estimate of drug-likeness (QED) is 0.888. The van der Waals surface area contributed by atoms with E-state index < -0.39 is 0 Å². The number of hydrogen-bond donors (Lipinski definition) is 1. The molecule has 22 heavy (non-hydrogen) atoms. The maximum atomic E-state index is 9.01. The van der Waals surface area contributed by atoms with Crippen molar-refractivity contribution in [3.05, 3.63) is 64.7 Å². The van der Waals surface area contributed by atoms with Gasteiger partial charge in [0, 0.05) is 5.92 Å². The van der Waals surface area contributed by atoms with E-state index in [1.54, 1.807) is 7.11 Å². The third kappa shape index (κ3) is 3.66. The Morgan fingerprint density at radius 1 is 1.23 bits per heavy atom. The van der Waals surface area contributed by atoms with E-state index in [4.69, 9.17) is 15.7 Å². The second-order valence-corrected chi connectivity index (χ2v) is 5.37. The third-order valence-electron chi connectivity index (χ3n) is 3.98. The Hall–Kier alpha value is -2.31. The largest absolute Gasteiger partial charge is 0.496 e. The number of ether oxygens (including phenoxy) is 1. The van der Waals surface area contributed by atoms with Crippen molar-refractivity contribution in [2.75, 3.05) is 13.7 Å². The fourth-order valence-corrected chi connectivity index (χ4v) is 2.72. The third-order valence-corrected chi connectivity index (χ3v) is 3.98. The summed E-state index contributed by atoms with van der Waals surface area (Å²) in [5, 5.41) is 9.01. The number of hydrogen-bond acceptors (Lipinski definition) is 3. The molecule has 3 nitrogen and oxygen atoms in total. The lowest BCUT2D eigenvalue weighted by Crippen LogP contribution is -2.15. The van der Waals surface area contributed by atoms with Crippen LogP contribution < -0.4 is 10.5 Å². The smallest absolute Gasteiger partial charge is 0.122 e. The second kappa shape index (κ2) is 7.63. The van der Waals surface area contributed by atoms with Gasteiger partial charge >= 0.3 is 0 Å². The van der Waals surface area contributed by atoms with Crippen molar-refractivity contribution in [2.24, 2.45) is 5.73 Å². The molecule has 0 radical (unpaired) electrons. The van der Waals surface area contributed by atoms with Gasteiger partial charge in [-0.1, -0.05) is 31.2 Å². The first kappa shape index (κ1) is 16.1. The monoisotopic (exact) mass is 294 g/mol. The second-order valence-electron chi connectivity index (χ2n) is 5.37. The van der Waals surface area contributed by atoms with Crippen LogP contribution in [0, 0.1) is 11.3 Å². The van der Waals surface area contributed by atoms with E-state index in [0.717, 1.165) is 24.2 Å². The minimum atomic E-state index is 0.241. The Balaban J connectivity index is 2.26. The number of nitrogens with two attached hydrogens (primary N) is 1. The molecule has 0 saturated heterocycles. The average Bonchev–Trinajstić information content (AvgIpc) is 2.59. The van der Waals surface area contributed by atoms with E-state index in [0.29, 0.717) is 12.1 Å². The molecule has 0 aromatic heterocycles. The van der Waals surface area contributed by atoms with Crippen LogP contribution in [0.25, 0.3) is 0 Å². The predicted octanol–water partition coefficient (Wildman–Crippen LogP) is 3.41. The summed E-state index contributed by atoms with van der Waals surface area (Å²) in [5.41, 5.74) is 10.2. The molecule has 2 aromatic carbocycles. The van der Waals surface area contributed by atoms with Crippen LogP contribution >= 0.6 is 0 Å². The van der Waals surface area contributed by atoms with Gasteiger partial charge in [-0.3, -0.25) is 0 Å². The summed E-state index contributed by atoms with van der Waals surface area (Å²) in [6.45, 7) is 2.70. The van der Waals surface area contributed by atoms with Crippen LogP contribution in [0.4, 0.5) is 0 Å². The maximum absolute atomic E-state index is 9.01. The van der Waals surface area contributed by atoms with Crippen molar-refractivity contribution in [2.45, 2.75) is 25.7 Å². The van der Waals surface area contributed by atoms with Gasteiger partial charge in [0.2, 0.25) is 0 Å². The molecule has 3 heteroatoms. The minimum absolute atomic E-state index is 0.241. The van der Waals surface area contributed by atoms with Crippen LogP contribution in [0.2, 0.25) is 0 Å². The molecule has 0 aliphatic carbocycles. The van der Waals surface area contributed by atoms with E-state index >= 15 is 0 Å². The van der Waals surface area contributed by atoms with E-state index in [-0.39, 0.29) is 5.92 Å². The van der Waals surface area contributed by atoms with Gasteiger partial charge in [0.25, 0.3) is 0 Å². The fourth-order valence-electron chi connectivity index (χ4n) is 2.72. The van der Waals surface area contributed by atoms with Crippen molar-refractivity contribution < 1.29 is 4.74 Å². The standard InChI is InChI=1S/C19H22N2O/c1-3-16-11-17(7-8-19(16)22-2)18(13-21)10-14-5-4-6-15(9-14)12-20/h4-9,11,18H,3,10,13,21H2,1-2H3. The van der Waals surface area contributed by atoms with Gasteiger partial charge in [-0.15, -0.1) is 0 Å². The molecule has 0 fully saturated rings. The molecule has 1 unspecified atom stereocenters. The first-order valence-electron chi connectivity index (χ1n) is 7.57. The zero-order valence-corrected chi connectivity index (χ0v) is 13.2. The average molecular weight is 294 g/mol. The topological polar surface area (TPSA) is 59.0 Å². The fraction of sp³-hybridized carbons (Fsp3) is 0.316. The lowest BCUT2D eigenvalue weighted by atomic mass is 9.90. The van der Waals surface area contributed by atoms with Gasteiger partial charge < -0.3 is 10.5 Å². The summed E-state index contributed by atoms with van der Waals surface area (Å²) < 4.78 is 5.39. The molecule has 0 aliphatic heterocycles. The Morgan fingerprint density at radius 2 is 2.05 bits per heavy atom. The molecule has 2 rings (SSSR count). The minimum Gasteiger partial charge on any atom is -0.496 e. The van der Waals surface area contributed by atoms with Crippen LogP contribution in [-0.4, -0.2) is 13.7 Å². The molecular formula is C19H22N2O. The highest BCUT2D eigenvalue weighted by Gasteiger charge is 2.13. The molecule has 0 spiro atoms. The molecule has 1 atom stereocenters. The normalized spacial score (nSPS) is 11.7. The molecule has 2 aromatic rings. The summed E-state index contributed by atoms with van der Waals surface area (Å²) in [6.07, 6.45) is 1.76. The Labute approximate surface area is 132 Å². The van der Waals surface area contributed by atoms with Crippen LogP contribution in [0.3, 0.4) is 0 Å². The van der Waals surface area contributed by atoms with Gasteiger partial charge in [0.05, 0.1) is 18.7 Å². The highest BCUT2D eigenvalue weighted by atomic mass is 16.5. The molecule has 0 bridgehead atoms. The molecular weight excluding hydrogens is 272 g/mol. The van der Waals surface area contributed by atoms with Gasteiger partial charge in [0.15, 0.2) is 0 Å². The molecule has 0 heterocycles. The van der Waals surface area contributed by atoms with Crippen molar-refractivity contribution in [1.82, 2.24) is 0 Å². The number of aryl methyl sites for hydroxylation is 1. The van der Waals surface area contributed by atoms with Crippen molar-refractivity contribution in [3.8, 4) is 11.8 Å². The summed E-state index contributed by atoms with van der Waals surface area (Å²) in [7, 11) is 1.70. The van der Waals surface area contributed by atoms with Crippen molar-refractivity contribution in [1.29, 1.82) is 5.26 Å². The van der Waals surface area contributed by atoms with Crippen molar-refractivity contribution >= 4 is 0 Å². The summed E-state index contributed by atoms with van der Waals surface area (Å²) >= 11 is 0. The van der Waals surface area contributed by atoms with Crippen LogP contribution in [0.5, 0.6) is 5.75 Å². The van der Waals surface area contributed by atoms with Gasteiger partial charge in [0.1, 0.15) is 5.75 Å². The Morgan fingerprint density at radius 3 is 2.68 bits per heavy atom. The number of nitrogens with zero attached hydrogens (tertiary/aromatic N) is 1. The van der Waals surface area contributed by atoms with E-state index in [1.807, 2.05) is 30.3 Å². The zero-order valence-electron chi connectivity index (χ0n) is 13.2. The molecule has 114 valence electrons. The summed E-state index contributed by atoms with van der Waals surface area (Å²) in [4.78, 5) is 0. The Bertz CT molecular complexity index is 673. The van der Waals surface area contributed by atoms with Gasteiger partial charge in [-0.25, -0.2) is 0 Å². The van der Waals surface area contributed by atoms with Crippen LogP contribution in [-0.2, 0) is 12.8 Å². The maximum Gasteiger partial charge on any atom is 0.122 e. The summed E-state index contributed by atoms with van der Waals surface area (Å²) in [6, 6.07) is 16.2. The molecule has 0 amide bonds. The van der Waals surface area contributed by atoms with E-state index in [2.05, 4.69) is 25.1 Å². The summed E-state index contributed by atoms with van der Waals surface area (Å²) in [5.74, 6) is 1.17. The lowest BCUT2D eigenvalue weighted by molar-refractivity contribution is 0.410. The first-order valence-corrected chi connectivity index (χ1v) is 7.57. The molecule has 0 saturated carbocycles. The predicted molar refractivity (Wildman–Crippen MR) is 89.0 cm³/mol. The highest BCUT2D eigenvalue weighted by molar-refractivity contribution is 5.40. The van der Waals surface area contributed by atoms with E-state index in [9.17, 15) is 0 Å². The lowest BCUT2D eigenvalue weighted by Gasteiger charge is -2.18. The van der Waals surface area contributed by atoms with Crippen molar-refractivity contribution in [3.63, 3.8) is 0 Å². The SMILES string of the molecule is CCc1cc(C(CN)Cc2cccc(C#N)c2)ccc1OC. The van der Waals surface area contributed by atoms with Crippen LogP contribution in [0.1, 0.15) is 35.1 Å². The highest BCUT2D eigenvalue weighted by Crippen LogP contribution is 2.27. The van der Waals surface area contributed by atoms with E-state index in [1.165, 1.54) is 11.1 Å². The number of methoxy groups -OCH3 is 1. The van der Waals surface area contributed by atoms with Gasteiger partial charge in [-0.05, 0) is 54.3 Å². The molecule has 2 N–H and O–H groups in total. The Kier molecular flexibility index (Phi) is 5.57.